The number of carbonyl (C=O) groups is 3. The summed E-state index contributed by atoms with van der Waals surface area (Å²) in [6, 6.07) is 10.9. The third kappa shape index (κ3) is 2.38. The van der Waals surface area contributed by atoms with Crippen LogP contribution in [0.5, 0.6) is 0 Å². The summed E-state index contributed by atoms with van der Waals surface area (Å²) >= 11 is 12.0. The van der Waals surface area contributed by atoms with Crippen LogP contribution in [0.15, 0.2) is 42.5 Å². The van der Waals surface area contributed by atoms with Crippen LogP contribution in [0.25, 0.3) is 10.9 Å². The first-order chi connectivity index (χ1) is 12.0. The van der Waals surface area contributed by atoms with E-state index < -0.39 is 17.8 Å². The number of hydroxylamine groups is 2. The summed E-state index contributed by atoms with van der Waals surface area (Å²) in [5.41, 5.74) is 0.984. The molecule has 0 unspecified atom stereocenters. The maximum Gasteiger partial charge on any atom is 0.380 e. The highest BCUT2D eigenvalue weighted by molar-refractivity contribution is 6.45. The number of hydrogen-bond donors (Lipinski definition) is 1. The zero-order valence-electron chi connectivity index (χ0n) is 12.4. The minimum Gasteiger partial charge on any atom is -0.349 e. The van der Waals surface area contributed by atoms with Gasteiger partial charge in [-0.2, -0.15) is 0 Å². The molecule has 25 heavy (non-hydrogen) atoms. The monoisotopic (exact) mass is 374 g/mol. The summed E-state index contributed by atoms with van der Waals surface area (Å²) in [6.07, 6.45) is 0. The van der Waals surface area contributed by atoms with E-state index in [2.05, 4.69) is 4.98 Å². The maximum atomic E-state index is 12.3. The van der Waals surface area contributed by atoms with Gasteiger partial charge in [-0.15, -0.1) is 0 Å². The molecule has 2 amide bonds. The van der Waals surface area contributed by atoms with Crippen LogP contribution in [0.4, 0.5) is 0 Å². The van der Waals surface area contributed by atoms with Gasteiger partial charge in [-0.25, -0.2) is 4.79 Å². The van der Waals surface area contributed by atoms with Crippen molar-refractivity contribution in [3.05, 3.63) is 69.3 Å². The average molecular weight is 375 g/mol. The number of amides is 2. The molecule has 8 heteroatoms. The predicted molar refractivity (Wildman–Crippen MR) is 90.7 cm³/mol. The lowest BCUT2D eigenvalue weighted by molar-refractivity contribution is -0.0587. The lowest BCUT2D eigenvalue weighted by Crippen LogP contribution is -2.32. The van der Waals surface area contributed by atoms with Crippen molar-refractivity contribution in [3.63, 3.8) is 0 Å². The lowest BCUT2D eigenvalue weighted by Gasteiger charge is -2.11. The molecule has 0 saturated heterocycles. The number of aromatic nitrogens is 1. The van der Waals surface area contributed by atoms with Crippen LogP contribution in [-0.4, -0.2) is 27.8 Å². The zero-order chi connectivity index (χ0) is 17.7. The molecule has 6 nitrogen and oxygen atoms in total. The highest BCUT2D eigenvalue weighted by Gasteiger charge is 2.39. The van der Waals surface area contributed by atoms with Gasteiger partial charge in [0.2, 0.25) is 0 Å². The Balaban J connectivity index is 1.64. The van der Waals surface area contributed by atoms with E-state index in [0.717, 1.165) is 0 Å². The number of halogens is 2. The van der Waals surface area contributed by atoms with E-state index in [1.54, 1.807) is 24.3 Å². The fourth-order valence-corrected chi connectivity index (χ4v) is 3.02. The van der Waals surface area contributed by atoms with Crippen molar-refractivity contribution in [1.29, 1.82) is 0 Å². The maximum absolute atomic E-state index is 12.3. The van der Waals surface area contributed by atoms with Crippen molar-refractivity contribution in [1.82, 2.24) is 10.0 Å². The standard InChI is InChI=1S/C17H8Cl2N2O4/c18-11-5-6-12-10(14(11)19)7-13(20-12)17(24)25-21-15(22)8-3-1-2-4-9(8)16(21)23/h1-7,20H. The van der Waals surface area contributed by atoms with Crippen molar-refractivity contribution in [2.45, 2.75) is 0 Å². The van der Waals surface area contributed by atoms with E-state index >= 15 is 0 Å². The first kappa shape index (κ1) is 15.7. The molecule has 0 aliphatic carbocycles. The smallest absolute Gasteiger partial charge is 0.349 e. The van der Waals surface area contributed by atoms with Gasteiger partial charge in [0.25, 0.3) is 11.8 Å². The first-order valence-corrected chi connectivity index (χ1v) is 7.90. The largest absolute Gasteiger partial charge is 0.380 e. The van der Waals surface area contributed by atoms with Crippen molar-refractivity contribution >= 4 is 51.9 Å². The van der Waals surface area contributed by atoms with Gasteiger partial charge in [0.05, 0.1) is 21.2 Å². The van der Waals surface area contributed by atoms with E-state index in [1.165, 1.54) is 18.2 Å². The summed E-state index contributed by atoms with van der Waals surface area (Å²) in [5, 5.41) is 1.61. The summed E-state index contributed by atoms with van der Waals surface area (Å²) in [4.78, 5) is 44.6. The normalized spacial score (nSPS) is 13.4. The number of nitrogens with zero attached hydrogens (tertiary/aromatic N) is 1. The Bertz CT molecular complexity index is 1040. The molecule has 0 bridgehead atoms. The molecule has 3 aromatic rings. The van der Waals surface area contributed by atoms with E-state index in [1.807, 2.05) is 0 Å². The van der Waals surface area contributed by atoms with Crippen molar-refractivity contribution in [3.8, 4) is 0 Å². The number of imide groups is 1. The summed E-state index contributed by atoms with van der Waals surface area (Å²) in [6.45, 7) is 0. The number of fused-ring (bicyclic) bond motifs is 2. The number of carbonyl (C=O) groups excluding carboxylic acids is 3. The topological polar surface area (TPSA) is 79.5 Å². The summed E-state index contributed by atoms with van der Waals surface area (Å²) in [7, 11) is 0. The highest BCUT2D eigenvalue weighted by Crippen LogP contribution is 2.31. The number of nitrogens with one attached hydrogen (secondary N) is 1. The molecule has 0 spiro atoms. The van der Waals surface area contributed by atoms with E-state index in [9.17, 15) is 14.4 Å². The second-order valence-corrected chi connectivity index (χ2v) is 6.12. The third-order valence-electron chi connectivity index (χ3n) is 3.84. The van der Waals surface area contributed by atoms with Crippen LogP contribution in [0, 0.1) is 0 Å². The molecule has 0 radical (unpaired) electrons. The van der Waals surface area contributed by atoms with Gasteiger partial charge in [-0.05, 0) is 30.3 Å². The van der Waals surface area contributed by atoms with Gasteiger partial charge in [0, 0.05) is 10.9 Å². The summed E-state index contributed by atoms with van der Waals surface area (Å²) in [5.74, 6) is -2.27. The Morgan fingerprint density at radius 1 is 1.00 bits per heavy atom. The lowest BCUT2D eigenvalue weighted by atomic mass is 10.1. The molecule has 1 aromatic heterocycles. The third-order valence-corrected chi connectivity index (χ3v) is 4.66. The molecule has 2 aromatic carbocycles. The molecular formula is C17H8Cl2N2O4. The number of H-pyrrole nitrogens is 1. The van der Waals surface area contributed by atoms with Gasteiger partial charge in [-0.1, -0.05) is 40.4 Å². The Morgan fingerprint density at radius 2 is 1.64 bits per heavy atom. The van der Waals surface area contributed by atoms with Crippen molar-refractivity contribution < 1.29 is 19.2 Å². The Morgan fingerprint density at radius 3 is 2.28 bits per heavy atom. The van der Waals surface area contributed by atoms with Gasteiger partial charge in [-0.3, -0.25) is 9.59 Å². The van der Waals surface area contributed by atoms with Crippen LogP contribution < -0.4 is 0 Å². The van der Waals surface area contributed by atoms with Gasteiger partial charge in [0.15, 0.2) is 0 Å². The second kappa shape index (κ2) is 5.61. The Kier molecular flexibility index (Phi) is 3.52. The van der Waals surface area contributed by atoms with Crippen LogP contribution >= 0.6 is 23.2 Å². The summed E-state index contributed by atoms with van der Waals surface area (Å²) < 4.78 is 0. The SMILES string of the molecule is O=C(ON1C(=O)c2ccccc2C1=O)c1cc2c(Cl)c(Cl)ccc2[nH]1. The predicted octanol–water partition coefficient (Wildman–Crippen LogP) is 3.84. The molecule has 4 rings (SSSR count). The number of hydrogen-bond acceptors (Lipinski definition) is 4. The molecule has 1 aliphatic rings. The van der Waals surface area contributed by atoms with E-state index in [-0.39, 0.29) is 21.8 Å². The minimum atomic E-state index is -0.891. The van der Waals surface area contributed by atoms with Gasteiger partial charge >= 0.3 is 5.97 Å². The average Bonchev–Trinajstić information content (AvgIpc) is 3.15. The quantitative estimate of drug-likeness (QED) is 0.691. The van der Waals surface area contributed by atoms with Crippen LogP contribution in [0.2, 0.25) is 10.0 Å². The number of benzene rings is 2. The molecule has 0 fully saturated rings. The molecular weight excluding hydrogens is 367 g/mol. The molecule has 0 saturated carbocycles. The molecule has 0 atom stereocenters. The first-order valence-electron chi connectivity index (χ1n) is 7.14. The van der Waals surface area contributed by atoms with Crippen LogP contribution in [0.3, 0.4) is 0 Å². The fourth-order valence-electron chi connectivity index (χ4n) is 2.63. The molecule has 1 N–H and O–H groups in total. The second-order valence-electron chi connectivity index (χ2n) is 5.33. The van der Waals surface area contributed by atoms with Crippen molar-refractivity contribution in [2.24, 2.45) is 0 Å². The van der Waals surface area contributed by atoms with Crippen molar-refractivity contribution in [2.75, 3.05) is 0 Å². The Hall–Kier alpha value is -2.83. The molecule has 124 valence electrons. The molecule has 1 aliphatic heterocycles. The zero-order valence-corrected chi connectivity index (χ0v) is 13.9. The minimum absolute atomic E-state index is 0.0377. The Labute approximate surface area is 150 Å². The van der Waals surface area contributed by atoms with Gasteiger partial charge < -0.3 is 9.82 Å². The highest BCUT2D eigenvalue weighted by atomic mass is 35.5. The number of rotatable bonds is 2. The number of aromatic amines is 1. The molecule has 2 heterocycles. The van der Waals surface area contributed by atoms with Crippen LogP contribution in [-0.2, 0) is 4.84 Å². The fraction of sp³-hybridized carbons (Fsp3) is 0. The van der Waals surface area contributed by atoms with Crippen LogP contribution in [0.1, 0.15) is 31.2 Å². The van der Waals surface area contributed by atoms with Gasteiger partial charge in [0.1, 0.15) is 5.69 Å². The van der Waals surface area contributed by atoms with E-state index in [0.29, 0.717) is 21.0 Å². The van der Waals surface area contributed by atoms with E-state index in [4.69, 9.17) is 28.0 Å².